The molecule has 0 aliphatic carbocycles. The molecule has 0 fully saturated rings. The zero-order chi connectivity index (χ0) is 25.1. The molecule has 1 N–H and O–H groups in total. The molecule has 9 nitrogen and oxygen atoms in total. The van der Waals surface area contributed by atoms with Gasteiger partial charge in [0.05, 0.1) is 29.3 Å². The second kappa shape index (κ2) is 10.2. The summed E-state index contributed by atoms with van der Waals surface area (Å²) < 4.78 is 8.67. The fraction of sp³-hybridized carbons (Fsp3) is 0.192. The SMILES string of the molecule is CCOC(=O)c1cnn(-c2ccccc2)c1NC(=O)C(CC)Sc1nnc2ccc3ccccc3n12. The highest BCUT2D eigenvalue weighted by Crippen LogP contribution is 2.29. The Morgan fingerprint density at radius 3 is 2.56 bits per heavy atom. The van der Waals surface area contributed by atoms with Crippen molar-refractivity contribution < 1.29 is 14.3 Å². The van der Waals surface area contributed by atoms with E-state index in [9.17, 15) is 9.59 Å². The Morgan fingerprint density at radius 2 is 1.78 bits per heavy atom. The summed E-state index contributed by atoms with van der Waals surface area (Å²) in [5.41, 5.74) is 2.56. The number of pyridine rings is 1. The highest BCUT2D eigenvalue weighted by molar-refractivity contribution is 8.00. The van der Waals surface area contributed by atoms with Crippen molar-refractivity contribution >= 4 is 46.0 Å². The van der Waals surface area contributed by atoms with E-state index in [1.165, 1.54) is 22.6 Å². The lowest BCUT2D eigenvalue weighted by atomic mass is 10.2. The van der Waals surface area contributed by atoms with Crippen molar-refractivity contribution in [2.24, 2.45) is 0 Å². The molecule has 1 atom stereocenters. The summed E-state index contributed by atoms with van der Waals surface area (Å²) in [6, 6.07) is 21.2. The minimum atomic E-state index is -0.550. The first-order chi connectivity index (χ1) is 17.6. The number of thioether (sulfide) groups is 1. The summed E-state index contributed by atoms with van der Waals surface area (Å²) in [7, 11) is 0. The van der Waals surface area contributed by atoms with Crippen LogP contribution in [0.3, 0.4) is 0 Å². The average molecular weight is 501 g/mol. The van der Waals surface area contributed by atoms with Crippen molar-refractivity contribution in [2.45, 2.75) is 30.7 Å². The van der Waals surface area contributed by atoms with E-state index in [2.05, 4.69) is 20.6 Å². The van der Waals surface area contributed by atoms with E-state index >= 15 is 0 Å². The maximum Gasteiger partial charge on any atom is 0.343 e. The number of hydrogen-bond donors (Lipinski definition) is 1. The van der Waals surface area contributed by atoms with Crippen LogP contribution in [0.5, 0.6) is 0 Å². The van der Waals surface area contributed by atoms with Gasteiger partial charge < -0.3 is 10.1 Å². The molecule has 3 heterocycles. The lowest BCUT2D eigenvalue weighted by Gasteiger charge is -2.16. The zero-order valence-corrected chi connectivity index (χ0v) is 20.6. The van der Waals surface area contributed by atoms with Gasteiger partial charge in [0.1, 0.15) is 5.56 Å². The molecule has 10 heteroatoms. The summed E-state index contributed by atoms with van der Waals surface area (Å²) in [6.45, 7) is 3.87. The van der Waals surface area contributed by atoms with E-state index in [4.69, 9.17) is 4.74 Å². The number of carbonyl (C=O) groups excluding carboxylic acids is 2. The van der Waals surface area contributed by atoms with Crippen LogP contribution in [0.25, 0.3) is 22.2 Å². The molecule has 5 aromatic rings. The summed E-state index contributed by atoms with van der Waals surface area (Å²) in [5.74, 6) is -0.562. The Balaban J connectivity index is 1.47. The Bertz CT molecular complexity index is 1550. The van der Waals surface area contributed by atoms with Gasteiger partial charge in [-0.2, -0.15) is 5.10 Å². The van der Waals surface area contributed by atoms with Crippen LogP contribution in [0.1, 0.15) is 30.6 Å². The van der Waals surface area contributed by atoms with Gasteiger partial charge in [-0.05, 0) is 49.1 Å². The lowest BCUT2D eigenvalue weighted by Crippen LogP contribution is -2.27. The van der Waals surface area contributed by atoms with E-state index in [0.717, 1.165) is 10.9 Å². The van der Waals surface area contributed by atoms with Crippen molar-refractivity contribution in [2.75, 3.05) is 11.9 Å². The minimum Gasteiger partial charge on any atom is -0.462 e. The number of hydrogen-bond acceptors (Lipinski definition) is 7. The van der Waals surface area contributed by atoms with E-state index in [0.29, 0.717) is 22.9 Å². The van der Waals surface area contributed by atoms with E-state index < -0.39 is 11.2 Å². The van der Waals surface area contributed by atoms with Crippen LogP contribution in [-0.2, 0) is 9.53 Å². The molecule has 0 aliphatic heterocycles. The Kier molecular flexibility index (Phi) is 6.68. The second-order valence-electron chi connectivity index (χ2n) is 7.95. The predicted molar refractivity (Wildman–Crippen MR) is 139 cm³/mol. The number of para-hydroxylation sites is 2. The number of ether oxygens (including phenoxy) is 1. The summed E-state index contributed by atoms with van der Waals surface area (Å²) >= 11 is 1.33. The predicted octanol–water partition coefficient (Wildman–Crippen LogP) is 4.75. The standard InChI is InChI=1S/C26H24N6O3S/c1-3-21(36-26-30-29-22-15-14-17-10-8-9-13-20(17)31(22)26)24(33)28-23-19(25(34)35-4-2)16-27-32(23)18-11-6-5-7-12-18/h5-16,21H,3-4H2,1-2H3,(H,28,33). The molecule has 5 rings (SSSR count). The van der Waals surface area contributed by atoms with Crippen LogP contribution in [0, 0.1) is 0 Å². The molecule has 0 aliphatic rings. The fourth-order valence-corrected chi connectivity index (χ4v) is 4.90. The number of benzene rings is 2. The molecule has 0 radical (unpaired) electrons. The maximum atomic E-state index is 13.5. The van der Waals surface area contributed by atoms with Crippen LogP contribution in [0.15, 0.2) is 78.1 Å². The van der Waals surface area contributed by atoms with Gasteiger partial charge in [-0.3, -0.25) is 9.20 Å². The molecule has 182 valence electrons. The van der Waals surface area contributed by atoms with Gasteiger partial charge in [0.15, 0.2) is 16.6 Å². The molecular weight excluding hydrogens is 476 g/mol. The highest BCUT2D eigenvalue weighted by atomic mass is 32.2. The number of fused-ring (bicyclic) bond motifs is 3. The zero-order valence-electron chi connectivity index (χ0n) is 19.8. The fourth-order valence-electron chi connectivity index (χ4n) is 3.93. The molecule has 2 aromatic carbocycles. The molecule has 0 spiro atoms. The van der Waals surface area contributed by atoms with Crippen molar-refractivity contribution in [1.82, 2.24) is 24.4 Å². The first kappa shape index (κ1) is 23.6. The topological polar surface area (TPSA) is 103 Å². The molecule has 3 aromatic heterocycles. The third-order valence-corrected chi connectivity index (χ3v) is 6.97. The summed E-state index contributed by atoms with van der Waals surface area (Å²) in [5, 5.41) is 17.1. The number of amides is 1. The number of aromatic nitrogens is 5. The molecule has 1 unspecified atom stereocenters. The minimum absolute atomic E-state index is 0.188. The molecule has 0 saturated carbocycles. The summed E-state index contributed by atoms with van der Waals surface area (Å²) in [6.07, 6.45) is 1.94. The van der Waals surface area contributed by atoms with E-state index in [1.807, 2.05) is 78.1 Å². The van der Waals surface area contributed by atoms with Crippen LogP contribution in [-0.4, -0.2) is 48.1 Å². The van der Waals surface area contributed by atoms with Gasteiger partial charge in [0.25, 0.3) is 0 Å². The third kappa shape index (κ3) is 4.42. The molecule has 0 bridgehead atoms. The van der Waals surface area contributed by atoms with Gasteiger partial charge >= 0.3 is 5.97 Å². The van der Waals surface area contributed by atoms with Gasteiger partial charge in [-0.15, -0.1) is 10.2 Å². The molecule has 1 amide bonds. The number of anilines is 1. The van der Waals surface area contributed by atoms with Crippen molar-refractivity contribution in [3.63, 3.8) is 0 Å². The largest absolute Gasteiger partial charge is 0.462 e. The third-order valence-electron chi connectivity index (χ3n) is 5.67. The number of rotatable bonds is 8. The smallest absolute Gasteiger partial charge is 0.343 e. The Hall–Kier alpha value is -4.18. The van der Waals surface area contributed by atoms with Crippen LogP contribution < -0.4 is 5.32 Å². The molecular formula is C26H24N6O3S. The first-order valence-electron chi connectivity index (χ1n) is 11.6. The average Bonchev–Trinajstić information content (AvgIpc) is 3.52. The van der Waals surface area contributed by atoms with Gasteiger partial charge in [-0.25, -0.2) is 9.48 Å². The monoisotopic (exact) mass is 500 g/mol. The van der Waals surface area contributed by atoms with Crippen LogP contribution in [0.2, 0.25) is 0 Å². The Morgan fingerprint density at radius 1 is 1.00 bits per heavy atom. The Labute approximate surface area is 211 Å². The van der Waals surface area contributed by atoms with Crippen molar-refractivity contribution in [3.8, 4) is 5.69 Å². The summed E-state index contributed by atoms with van der Waals surface area (Å²) in [4.78, 5) is 26.1. The van der Waals surface area contributed by atoms with E-state index in [-0.39, 0.29) is 23.9 Å². The second-order valence-corrected chi connectivity index (χ2v) is 9.12. The van der Waals surface area contributed by atoms with Gasteiger partial charge in [0, 0.05) is 0 Å². The number of nitrogens with zero attached hydrogens (tertiary/aromatic N) is 5. The molecule has 0 saturated heterocycles. The van der Waals surface area contributed by atoms with E-state index in [1.54, 1.807) is 6.92 Å². The number of esters is 1. The quantitative estimate of drug-likeness (QED) is 0.242. The van der Waals surface area contributed by atoms with Crippen molar-refractivity contribution in [1.29, 1.82) is 0 Å². The lowest BCUT2D eigenvalue weighted by molar-refractivity contribution is -0.115. The maximum absolute atomic E-state index is 13.5. The van der Waals surface area contributed by atoms with Crippen molar-refractivity contribution in [3.05, 3.63) is 78.5 Å². The van der Waals surface area contributed by atoms with Crippen LogP contribution in [0.4, 0.5) is 5.82 Å². The number of carbonyl (C=O) groups is 2. The van der Waals surface area contributed by atoms with Gasteiger partial charge in [-0.1, -0.05) is 55.1 Å². The molecule has 36 heavy (non-hydrogen) atoms. The van der Waals surface area contributed by atoms with Crippen LogP contribution >= 0.6 is 11.8 Å². The normalized spacial score (nSPS) is 12.1. The first-order valence-corrected chi connectivity index (χ1v) is 12.5. The van der Waals surface area contributed by atoms with Gasteiger partial charge in [0.2, 0.25) is 5.91 Å². The number of nitrogens with one attached hydrogen (secondary N) is 1. The highest BCUT2D eigenvalue weighted by Gasteiger charge is 2.26.